The van der Waals surface area contributed by atoms with E-state index in [1.807, 2.05) is 85.8 Å². The van der Waals surface area contributed by atoms with Gasteiger partial charge >= 0.3 is 0 Å². The van der Waals surface area contributed by atoms with Crippen molar-refractivity contribution in [1.29, 1.82) is 0 Å². The van der Waals surface area contributed by atoms with E-state index < -0.39 is 0 Å². The van der Waals surface area contributed by atoms with Gasteiger partial charge in [-0.1, -0.05) is 60.2 Å². The van der Waals surface area contributed by atoms with Crippen molar-refractivity contribution in [3.8, 4) is 0 Å². The number of carbonyl (C=O) groups is 2. The molecule has 1 aliphatic heterocycles. The molecule has 4 rings (SSSR count). The number of benzene rings is 3. The van der Waals surface area contributed by atoms with Crippen LogP contribution in [-0.2, 0) is 15.3 Å². The van der Waals surface area contributed by atoms with Gasteiger partial charge in [0.25, 0.3) is 11.8 Å². The number of anilines is 2. The quantitative estimate of drug-likeness (QED) is 0.386. The smallest absolute Gasteiger partial charge is 0.272 e. The van der Waals surface area contributed by atoms with E-state index in [2.05, 4.69) is 18.7 Å². The van der Waals surface area contributed by atoms with E-state index in [1.54, 1.807) is 0 Å². The Hall–Kier alpha value is -3.31. The van der Waals surface area contributed by atoms with Gasteiger partial charge in [0, 0.05) is 24.5 Å². The van der Waals surface area contributed by atoms with Gasteiger partial charge in [-0.15, -0.1) is 11.8 Å². The number of carbonyl (C=O) groups excluding carboxylic acids is 2. The molecule has 168 valence electrons. The van der Waals surface area contributed by atoms with Crippen LogP contribution in [0.3, 0.4) is 0 Å². The lowest BCUT2D eigenvalue weighted by atomic mass is 10.0. The summed E-state index contributed by atoms with van der Waals surface area (Å²) in [4.78, 5) is 31.2. The predicted molar refractivity (Wildman–Crippen MR) is 138 cm³/mol. The largest absolute Gasteiger partial charge is 0.372 e. The molecule has 0 fully saturated rings. The fourth-order valence-electron chi connectivity index (χ4n) is 3.98. The first-order valence-electron chi connectivity index (χ1n) is 11.2. The summed E-state index contributed by atoms with van der Waals surface area (Å²) >= 11 is 1.43. The third-order valence-corrected chi connectivity index (χ3v) is 6.99. The first-order chi connectivity index (χ1) is 16.0. The van der Waals surface area contributed by atoms with Crippen LogP contribution in [0.2, 0.25) is 0 Å². The van der Waals surface area contributed by atoms with Crippen molar-refractivity contribution in [1.82, 2.24) is 0 Å². The molecule has 0 saturated heterocycles. The first-order valence-corrected chi connectivity index (χ1v) is 12.2. The summed E-state index contributed by atoms with van der Waals surface area (Å²) in [6.45, 7) is 8.03. The van der Waals surface area contributed by atoms with Gasteiger partial charge in [0.2, 0.25) is 0 Å². The molecular weight excluding hydrogens is 428 g/mol. The van der Waals surface area contributed by atoms with Gasteiger partial charge in [-0.3, -0.25) is 9.59 Å². The Bertz CT molecular complexity index is 1160. The third-order valence-electron chi connectivity index (χ3n) is 5.84. The highest BCUT2D eigenvalue weighted by molar-refractivity contribution is 8.03. The van der Waals surface area contributed by atoms with Crippen molar-refractivity contribution in [3.63, 3.8) is 0 Å². The van der Waals surface area contributed by atoms with Gasteiger partial charge < -0.3 is 4.90 Å². The van der Waals surface area contributed by atoms with E-state index in [-0.39, 0.29) is 11.8 Å². The second kappa shape index (κ2) is 10.1. The Balaban J connectivity index is 1.68. The van der Waals surface area contributed by atoms with Crippen molar-refractivity contribution < 1.29 is 9.59 Å². The lowest BCUT2D eigenvalue weighted by Crippen LogP contribution is -2.31. The lowest BCUT2D eigenvalue weighted by Gasteiger charge is -2.22. The van der Waals surface area contributed by atoms with Crippen LogP contribution < -0.4 is 9.80 Å². The van der Waals surface area contributed by atoms with E-state index in [0.717, 1.165) is 35.5 Å². The van der Waals surface area contributed by atoms with Crippen molar-refractivity contribution >= 4 is 40.5 Å². The molecule has 5 heteroatoms. The second-order valence-corrected chi connectivity index (χ2v) is 8.96. The van der Waals surface area contributed by atoms with Gasteiger partial charge in [-0.05, 0) is 56.2 Å². The zero-order valence-electron chi connectivity index (χ0n) is 19.2. The summed E-state index contributed by atoms with van der Waals surface area (Å²) in [7, 11) is 0. The maximum absolute atomic E-state index is 13.6. The predicted octanol–water partition coefficient (Wildman–Crippen LogP) is 6.06. The molecule has 1 aliphatic rings. The number of hydrogen-bond acceptors (Lipinski definition) is 4. The van der Waals surface area contributed by atoms with Gasteiger partial charge in [0.15, 0.2) is 0 Å². The lowest BCUT2D eigenvalue weighted by molar-refractivity contribution is -0.119. The van der Waals surface area contributed by atoms with Gasteiger partial charge in [-0.25, -0.2) is 4.90 Å². The Morgan fingerprint density at radius 2 is 1.42 bits per heavy atom. The minimum atomic E-state index is -0.269. The van der Waals surface area contributed by atoms with E-state index in [1.165, 1.54) is 16.7 Å². The molecule has 0 N–H and O–H groups in total. The maximum atomic E-state index is 13.6. The highest BCUT2D eigenvalue weighted by Gasteiger charge is 2.40. The van der Waals surface area contributed by atoms with Gasteiger partial charge in [0.05, 0.1) is 16.2 Å². The molecule has 0 bridgehead atoms. The SMILES string of the molecule is CCN(CC)c1ccc(N2C(=O)C(SCc3ccccc3)=C(c3ccc(C)cc3)C2=O)cc1. The Labute approximate surface area is 199 Å². The molecule has 0 unspecified atom stereocenters. The first kappa shape index (κ1) is 22.9. The summed E-state index contributed by atoms with van der Waals surface area (Å²) in [5.41, 5.74) is 5.15. The standard InChI is InChI=1S/C28H28N2O2S/c1-4-29(5-2)23-15-17-24(18-16-23)30-27(31)25(22-13-11-20(3)12-14-22)26(28(30)32)33-19-21-9-7-6-8-10-21/h6-18H,4-5,19H2,1-3H3. The second-order valence-electron chi connectivity index (χ2n) is 7.98. The molecular formula is C28H28N2O2S. The maximum Gasteiger partial charge on any atom is 0.272 e. The van der Waals surface area contributed by atoms with Crippen molar-refractivity contribution in [2.24, 2.45) is 0 Å². The van der Waals surface area contributed by atoms with Crippen LogP contribution in [0.25, 0.3) is 5.57 Å². The highest BCUT2D eigenvalue weighted by Crippen LogP contribution is 2.40. The summed E-state index contributed by atoms with van der Waals surface area (Å²) in [6.07, 6.45) is 0. The topological polar surface area (TPSA) is 40.6 Å². The van der Waals surface area contributed by atoms with E-state index in [9.17, 15) is 9.59 Å². The van der Waals surface area contributed by atoms with Crippen molar-refractivity contribution in [2.75, 3.05) is 22.9 Å². The van der Waals surface area contributed by atoms with Crippen LogP contribution in [0, 0.1) is 6.92 Å². The van der Waals surface area contributed by atoms with E-state index in [0.29, 0.717) is 21.9 Å². The van der Waals surface area contributed by atoms with E-state index in [4.69, 9.17) is 0 Å². The molecule has 3 aromatic carbocycles. The Morgan fingerprint density at radius 3 is 2.03 bits per heavy atom. The summed E-state index contributed by atoms with van der Waals surface area (Å²) in [6, 6.07) is 25.5. The van der Waals surface area contributed by atoms with Crippen LogP contribution in [-0.4, -0.2) is 24.9 Å². The number of rotatable bonds is 8. The zero-order valence-corrected chi connectivity index (χ0v) is 20.1. The number of aryl methyl sites for hydroxylation is 1. The molecule has 0 atom stereocenters. The third kappa shape index (κ3) is 4.74. The summed E-state index contributed by atoms with van der Waals surface area (Å²) in [5, 5.41) is 0. The van der Waals surface area contributed by atoms with E-state index >= 15 is 0 Å². The number of imide groups is 1. The number of nitrogens with zero attached hydrogens (tertiary/aromatic N) is 2. The molecule has 1 heterocycles. The fourth-order valence-corrected chi connectivity index (χ4v) is 5.05. The minimum absolute atomic E-state index is 0.257. The number of hydrogen-bond donors (Lipinski definition) is 0. The van der Waals surface area contributed by atoms with Crippen LogP contribution in [0.1, 0.15) is 30.5 Å². The van der Waals surface area contributed by atoms with Crippen molar-refractivity contribution in [3.05, 3.63) is 100 Å². The average molecular weight is 457 g/mol. The molecule has 33 heavy (non-hydrogen) atoms. The van der Waals surface area contributed by atoms with Crippen LogP contribution >= 0.6 is 11.8 Å². The highest BCUT2D eigenvalue weighted by atomic mass is 32.2. The van der Waals surface area contributed by atoms with Gasteiger partial charge in [-0.2, -0.15) is 0 Å². The Morgan fingerprint density at radius 1 is 0.788 bits per heavy atom. The number of thioether (sulfide) groups is 1. The monoisotopic (exact) mass is 456 g/mol. The molecule has 0 aromatic heterocycles. The summed E-state index contributed by atoms with van der Waals surface area (Å²) < 4.78 is 0. The molecule has 2 amide bonds. The normalized spacial score (nSPS) is 13.7. The fraction of sp³-hybridized carbons (Fsp3) is 0.214. The number of amides is 2. The Kier molecular flexibility index (Phi) is 6.99. The van der Waals surface area contributed by atoms with Crippen molar-refractivity contribution in [2.45, 2.75) is 26.5 Å². The molecule has 0 saturated carbocycles. The van der Waals surface area contributed by atoms with Crippen LogP contribution in [0.15, 0.2) is 83.8 Å². The zero-order chi connectivity index (χ0) is 23.4. The van der Waals surface area contributed by atoms with Crippen LogP contribution in [0.5, 0.6) is 0 Å². The summed E-state index contributed by atoms with van der Waals surface area (Å²) in [5.74, 6) is 0.0985. The molecule has 0 radical (unpaired) electrons. The molecule has 0 spiro atoms. The van der Waals surface area contributed by atoms with Crippen LogP contribution in [0.4, 0.5) is 11.4 Å². The average Bonchev–Trinajstić information content (AvgIpc) is 3.09. The molecule has 3 aromatic rings. The minimum Gasteiger partial charge on any atom is -0.372 e. The molecule has 4 nitrogen and oxygen atoms in total. The molecule has 0 aliphatic carbocycles. The van der Waals surface area contributed by atoms with Gasteiger partial charge in [0.1, 0.15) is 0 Å².